The van der Waals surface area contributed by atoms with Crippen molar-refractivity contribution >= 4 is 17.5 Å². The van der Waals surface area contributed by atoms with Crippen LogP contribution in [0.15, 0.2) is 36.5 Å². The summed E-state index contributed by atoms with van der Waals surface area (Å²) in [7, 11) is 0. The standard InChI is InChI=1S/C20H26N4/c1-2-4-11-17(10-3-1)22-20-21-14-13-19(23-20)24-15-7-9-16-8-5-6-12-18(16)24/h5-6,8,12-14,17H,1-4,7,9-11,15H2,(H,21,22,23). The molecule has 0 amide bonds. The van der Waals surface area contributed by atoms with Gasteiger partial charge in [-0.2, -0.15) is 4.98 Å². The third kappa shape index (κ3) is 3.37. The molecule has 0 spiro atoms. The normalized spacial score (nSPS) is 18.8. The molecule has 0 atom stereocenters. The van der Waals surface area contributed by atoms with Gasteiger partial charge in [0.25, 0.3) is 0 Å². The van der Waals surface area contributed by atoms with E-state index in [2.05, 4.69) is 39.5 Å². The van der Waals surface area contributed by atoms with Gasteiger partial charge in [-0.15, -0.1) is 0 Å². The summed E-state index contributed by atoms with van der Waals surface area (Å²) in [6.45, 7) is 1.02. The molecule has 0 bridgehead atoms. The molecule has 4 rings (SSSR count). The van der Waals surface area contributed by atoms with Gasteiger partial charge >= 0.3 is 0 Å². The Bertz CT molecular complexity index is 677. The minimum absolute atomic E-state index is 0.524. The number of nitrogens with zero attached hydrogens (tertiary/aromatic N) is 3. The zero-order valence-electron chi connectivity index (χ0n) is 14.2. The van der Waals surface area contributed by atoms with Crippen molar-refractivity contribution in [2.24, 2.45) is 0 Å². The molecule has 2 heterocycles. The predicted molar refractivity (Wildman–Crippen MR) is 98.9 cm³/mol. The van der Waals surface area contributed by atoms with Crippen molar-refractivity contribution in [3.05, 3.63) is 42.1 Å². The maximum atomic E-state index is 4.82. The van der Waals surface area contributed by atoms with Crippen molar-refractivity contribution in [1.29, 1.82) is 0 Å². The van der Waals surface area contributed by atoms with Gasteiger partial charge in [-0.25, -0.2) is 4.98 Å². The summed E-state index contributed by atoms with van der Waals surface area (Å²) in [5.41, 5.74) is 2.71. The Balaban J connectivity index is 1.55. The summed E-state index contributed by atoms with van der Waals surface area (Å²) < 4.78 is 0. The van der Waals surface area contributed by atoms with Crippen molar-refractivity contribution in [2.45, 2.75) is 57.4 Å². The fourth-order valence-corrected chi connectivity index (χ4v) is 3.95. The molecule has 1 aromatic heterocycles. The summed E-state index contributed by atoms with van der Waals surface area (Å²) in [5, 5.41) is 3.58. The van der Waals surface area contributed by atoms with Crippen molar-refractivity contribution in [3.8, 4) is 0 Å². The zero-order valence-corrected chi connectivity index (χ0v) is 14.2. The highest BCUT2D eigenvalue weighted by molar-refractivity contribution is 5.65. The van der Waals surface area contributed by atoms with E-state index in [1.807, 2.05) is 12.3 Å². The smallest absolute Gasteiger partial charge is 0.224 e. The number of fused-ring (bicyclic) bond motifs is 1. The van der Waals surface area contributed by atoms with Gasteiger partial charge in [-0.05, 0) is 43.4 Å². The van der Waals surface area contributed by atoms with Crippen molar-refractivity contribution < 1.29 is 0 Å². The highest BCUT2D eigenvalue weighted by Crippen LogP contribution is 2.32. The van der Waals surface area contributed by atoms with Crippen LogP contribution in [0, 0.1) is 0 Å². The summed E-state index contributed by atoms with van der Waals surface area (Å²) in [6, 6.07) is 11.2. The molecule has 2 aromatic rings. The SMILES string of the molecule is c1ccc2c(c1)CCCN2c1ccnc(NC2CCCCCC2)n1. The first-order valence-electron chi connectivity index (χ1n) is 9.35. The van der Waals surface area contributed by atoms with Crippen LogP contribution in [0.1, 0.15) is 50.5 Å². The summed E-state index contributed by atoms with van der Waals surface area (Å²) >= 11 is 0. The van der Waals surface area contributed by atoms with Gasteiger partial charge in [0.2, 0.25) is 5.95 Å². The first-order valence-corrected chi connectivity index (χ1v) is 9.35. The van der Waals surface area contributed by atoms with Gasteiger partial charge in [-0.1, -0.05) is 43.9 Å². The number of aromatic nitrogens is 2. The van der Waals surface area contributed by atoms with Crippen LogP contribution in [0.5, 0.6) is 0 Å². The van der Waals surface area contributed by atoms with E-state index in [9.17, 15) is 0 Å². The van der Waals surface area contributed by atoms with Gasteiger partial charge in [-0.3, -0.25) is 0 Å². The van der Waals surface area contributed by atoms with Crippen LogP contribution >= 0.6 is 0 Å². The van der Waals surface area contributed by atoms with E-state index in [1.165, 1.54) is 56.2 Å². The van der Waals surface area contributed by atoms with Crippen LogP contribution in [0.4, 0.5) is 17.5 Å². The lowest BCUT2D eigenvalue weighted by atomic mass is 10.0. The molecule has 1 aliphatic carbocycles. The van der Waals surface area contributed by atoms with Gasteiger partial charge in [0.1, 0.15) is 5.82 Å². The number of anilines is 3. The van der Waals surface area contributed by atoms with E-state index in [-0.39, 0.29) is 0 Å². The van der Waals surface area contributed by atoms with E-state index in [4.69, 9.17) is 4.98 Å². The molecule has 0 unspecified atom stereocenters. The predicted octanol–water partition coefficient (Wildman–Crippen LogP) is 4.70. The number of nitrogens with one attached hydrogen (secondary N) is 1. The maximum Gasteiger partial charge on any atom is 0.224 e. The highest BCUT2D eigenvalue weighted by Gasteiger charge is 2.20. The summed E-state index contributed by atoms with van der Waals surface area (Å²) in [6.07, 6.45) is 12.1. The first-order chi connectivity index (χ1) is 11.9. The molecule has 24 heavy (non-hydrogen) atoms. The summed E-state index contributed by atoms with van der Waals surface area (Å²) in [5.74, 6) is 1.79. The molecular formula is C20H26N4. The second kappa shape index (κ2) is 7.20. The van der Waals surface area contributed by atoms with E-state index >= 15 is 0 Å². The van der Waals surface area contributed by atoms with Crippen LogP contribution < -0.4 is 10.2 Å². The van der Waals surface area contributed by atoms with Gasteiger partial charge < -0.3 is 10.2 Å². The molecule has 1 N–H and O–H groups in total. The van der Waals surface area contributed by atoms with Gasteiger partial charge in [0, 0.05) is 24.5 Å². The van der Waals surface area contributed by atoms with E-state index in [1.54, 1.807) is 0 Å². The van der Waals surface area contributed by atoms with Crippen LogP contribution in [0.2, 0.25) is 0 Å². The molecular weight excluding hydrogens is 296 g/mol. The van der Waals surface area contributed by atoms with Gasteiger partial charge in [0.05, 0.1) is 0 Å². The molecule has 126 valence electrons. The van der Waals surface area contributed by atoms with Crippen LogP contribution in [-0.2, 0) is 6.42 Å². The monoisotopic (exact) mass is 322 g/mol. The Morgan fingerprint density at radius 3 is 2.67 bits per heavy atom. The Morgan fingerprint density at radius 1 is 0.958 bits per heavy atom. The van der Waals surface area contributed by atoms with Crippen molar-refractivity contribution in [2.75, 3.05) is 16.8 Å². The lowest BCUT2D eigenvalue weighted by Crippen LogP contribution is -2.26. The molecule has 1 fully saturated rings. The second-order valence-electron chi connectivity index (χ2n) is 6.96. The lowest BCUT2D eigenvalue weighted by molar-refractivity contribution is 0.614. The maximum absolute atomic E-state index is 4.82. The number of benzene rings is 1. The topological polar surface area (TPSA) is 41.1 Å². The Kier molecular flexibility index (Phi) is 4.63. The Morgan fingerprint density at radius 2 is 1.79 bits per heavy atom. The number of rotatable bonds is 3. The molecule has 0 radical (unpaired) electrons. The van der Waals surface area contributed by atoms with Crippen LogP contribution in [-0.4, -0.2) is 22.6 Å². The number of para-hydroxylation sites is 1. The average molecular weight is 322 g/mol. The minimum Gasteiger partial charge on any atom is -0.351 e. The van der Waals surface area contributed by atoms with E-state index in [0.717, 1.165) is 24.7 Å². The summed E-state index contributed by atoms with van der Waals surface area (Å²) in [4.78, 5) is 11.6. The molecule has 1 saturated carbocycles. The quantitative estimate of drug-likeness (QED) is 0.832. The van der Waals surface area contributed by atoms with Crippen LogP contribution in [0.25, 0.3) is 0 Å². The van der Waals surface area contributed by atoms with Crippen molar-refractivity contribution in [1.82, 2.24) is 9.97 Å². The van der Waals surface area contributed by atoms with Crippen LogP contribution in [0.3, 0.4) is 0 Å². The molecule has 4 heteroatoms. The average Bonchev–Trinajstić information content (AvgIpc) is 2.90. The minimum atomic E-state index is 0.524. The molecule has 1 aliphatic heterocycles. The highest BCUT2D eigenvalue weighted by atomic mass is 15.2. The van der Waals surface area contributed by atoms with E-state index in [0.29, 0.717) is 6.04 Å². The van der Waals surface area contributed by atoms with Gasteiger partial charge in [0.15, 0.2) is 0 Å². The Labute approximate surface area is 144 Å². The molecule has 4 nitrogen and oxygen atoms in total. The third-order valence-electron chi connectivity index (χ3n) is 5.22. The third-order valence-corrected chi connectivity index (χ3v) is 5.22. The largest absolute Gasteiger partial charge is 0.351 e. The van der Waals surface area contributed by atoms with Crippen molar-refractivity contribution in [3.63, 3.8) is 0 Å². The molecule has 0 saturated heterocycles. The fraction of sp³-hybridized carbons (Fsp3) is 0.500. The second-order valence-corrected chi connectivity index (χ2v) is 6.96. The Hall–Kier alpha value is -2.10. The molecule has 2 aliphatic rings. The number of aryl methyl sites for hydroxylation is 1. The number of hydrogen-bond donors (Lipinski definition) is 1. The fourth-order valence-electron chi connectivity index (χ4n) is 3.95. The lowest BCUT2D eigenvalue weighted by Gasteiger charge is -2.30. The zero-order chi connectivity index (χ0) is 16.2. The number of hydrogen-bond acceptors (Lipinski definition) is 4. The van der Waals surface area contributed by atoms with E-state index < -0.39 is 0 Å². The first kappa shape index (κ1) is 15.4. The molecule has 1 aromatic carbocycles.